The van der Waals surface area contributed by atoms with Gasteiger partial charge in [0.1, 0.15) is 4.90 Å². The van der Waals surface area contributed by atoms with Gasteiger partial charge in [-0.25, -0.2) is 8.42 Å². The van der Waals surface area contributed by atoms with Crippen molar-refractivity contribution in [1.82, 2.24) is 14.9 Å². The fraction of sp³-hybridized carbons (Fsp3) is 0.354. The molecule has 2 aliphatic rings. The number of aliphatic hydroxyl groups is 1. The van der Waals surface area contributed by atoms with Crippen molar-refractivity contribution in [1.29, 1.82) is 0 Å². The van der Waals surface area contributed by atoms with Gasteiger partial charge >= 0.3 is 13.0 Å². The van der Waals surface area contributed by atoms with Gasteiger partial charge in [-0.2, -0.15) is 13.2 Å². The van der Waals surface area contributed by atoms with Crippen LogP contribution in [0.1, 0.15) is 42.1 Å². The van der Waals surface area contributed by atoms with Gasteiger partial charge < -0.3 is 24.7 Å². The molecule has 0 bridgehead atoms. The molecule has 0 saturated carbocycles. The van der Waals surface area contributed by atoms with Gasteiger partial charge in [0.05, 0.1) is 23.7 Å². The van der Waals surface area contributed by atoms with Crippen molar-refractivity contribution in [2.24, 2.45) is 0 Å². The summed E-state index contributed by atoms with van der Waals surface area (Å²) in [6.45, 7) is 7.02. The smallest absolute Gasteiger partial charge is 0.393 e. The topological polar surface area (TPSA) is 132 Å². The summed E-state index contributed by atoms with van der Waals surface area (Å²) in [5.41, 5.74) is -1.55. The first-order chi connectivity index (χ1) is 31.6. The molecular weight excluding hydrogens is 930 g/mol. The Labute approximate surface area is 394 Å². The minimum atomic E-state index is -6.00. The molecule has 0 aliphatic carbocycles. The van der Waals surface area contributed by atoms with Crippen LogP contribution in [0.3, 0.4) is 0 Å². The van der Waals surface area contributed by atoms with Crippen LogP contribution in [0.5, 0.6) is 0 Å². The lowest BCUT2D eigenvalue weighted by molar-refractivity contribution is -0.0435. The predicted octanol–water partition coefficient (Wildman–Crippen LogP) is 9.33. The number of carbonyl (C=O) groups excluding carboxylic acids is 1. The lowest BCUT2D eigenvalue weighted by atomic mass is 9.99. The van der Waals surface area contributed by atoms with Crippen molar-refractivity contribution in [2.45, 2.75) is 60.2 Å². The molecule has 0 aromatic heterocycles. The van der Waals surface area contributed by atoms with E-state index in [9.17, 15) is 36.1 Å². The summed E-state index contributed by atoms with van der Waals surface area (Å²) in [7, 11) is -10.5. The highest BCUT2D eigenvalue weighted by Gasteiger charge is 2.49. The number of carbonyl (C=O) groups is 1. The van der Waals surface area contributed by atoms with Crippen molar-refractivity contribution >= 4 is 63.3 Å². The standard InChI is InChI=1S/C48H54ClF3N5O6PS2/c1-2-63-64(60,54-47(59)36-14-18-40(19-15-36)57-30-28-56(29-31-57)33-37-8-6-7-11-44(37)35-12-16-38(49)17-13-35)42-20-21-45(46(32-42)66(61,62)48(50,51)52)53-39(34-65-43-9-4-3-5-10-43)22-25-55-26-23-41(58)24-27-55/h3-21,32,39,41,53,58H,2,22-31,33-34H2,1H3,(H,54,59,60)/t39-,64-/m1/s1. The first-order valence-corrected chi connectivity index (χ1v) is 26.4. The molecule has 66 heavy (non-hydrogen) atoms. The van der Waals surface area contributed by atoms with Crippen LogP contribution in [-0.2, 0) is 25.5 Å². The zero-order chi connectivity index (χ0) is 46.9. The molecule has 18 heteroatoms. The SMILES string of the molecule is CCO[P@@](=O)(NC(=O)c1ccc(N2CCN(Cc3ccccc3-c3ccc(Cl)cc3)CC2)cc1)c1ccc(N[C@H](CCN2CCC(O)CC2)CSc2ccccc2)c(S(=O)(=O)C(F)(F)F)c1. The van der Waals surface area contributed by atoms with Gasteiger partial charge in [-0.1, -0.05) is 66.2 Å². The number of halogens is 4. The number of piperidine rings is 1. The van der Waals surface area contributed by atoms with E-state index < -0.39 is 45.0 Å². The van der Waals surface area contributed by atoms with Crippen LogP contribution in [0.25, 0.3) is 11.1 Å². The number of hydrogen-bond donors (Lipinski definition) is 3. The Bertz CT molecular complexity index is 2560. The van der Waals surface area contributed by atoms with Gasteiger partial charge in [0.25, 0.3) is 15.7 Å². The largest absolute Gasteiger partial charge is 0.501 e. The number of aliphatic hydroxyl groups excluding tert-OH is 1. The average molecular weight is 985 g/mol. The van der Waals surface area contributed by atoms with Crippen LogP contribution in [0.4, 0.5) is 24.5 Å². The molecule has 2 heterocycles. The summed E-state index contributed by atoms with van der Waals surface area (Å²) in [5.74, 6) is -0.426. The van der Waals surface area contributed by atoms with Crippen LogP contribution in [0.2, 0.25) is 5.02 Å². The molecule has 5 aromatic rings. The van der Waals surface area contributed by atoms with Gasteiger partial charge in [0.2, 0.25) is 0 Å². The molecule has 3 N–H and O–H groups in total. The number of sulfone groups is 1. The minimum Gasteiger partial charge on any atom is -0.393 e. The summed E-state index contributed by atoms with van der Waals surface area (Å²) in [6, 6.07) is 34.8. The Hall–Kier alpha value is -4.38. The second-order valence-electron chi connectivity index (χ2n) is 16.3. The third-order valence-electron chi connectivity index (χ3n) is 11.8. The van der Waals surface area contributed by atoms with Crippen molar-refractivity contribution in [2.75, 3.05) is 68.4 Å². The maximum absolute atomic E-state index is 14.5. The molecule has 0 spiro atoms. The van der Waals surface area contributed by atoms with Gasteiger partial charge in [-0.3, -0.25) is 19.3 Å². The van der Waals surface area contributed by atoms with E-state index in [2.05, 4.69) is 37.2 Å². The Morgan fingerprint density at radius 2 is 1.55 bits per heavy atom. The van der Waals surface area contributed by atoms with E-state index in [0.29, 0.717) is 55.7 Å². The lowest BCUT2D eigenvalue weighted by Crippen LogP contribution is -2.46. The molecule has 7 rings (SSSR count). The van der Waals surface area contributed by atoms with Crippen LogP contribution in [0, 0.1) is 0 Å². The first-order valence-electron chi connectivity index (χ1n) is 21.9. The molecule has 1 amide bonds. The number of nitrogens with one attached hydrogen (secondary N) is 2. The van der Waals surface area contributed by atoms with Gasteiger partial charge in [-0.15, -0.1) is 11.8 Å². The molecule has 5 aromatic carbocycles. The third-order valence-corrected chi connectivity index (χ3v) is 16.8. The number of likely N-dealkylation sites (tertiary alicyclic amines) is 1. The van der Waals surface area contributed by atoms with E-state index in [0.717, 1.165) is 60.5 Å². The summed E-state index contributed by atoms with van der Waals surface area (Å²) in [6.07, 6.45) is 1.29. The average Bonchev–Trinajstić information content (AvgIpc) is 3.31. The maximum atomic E-state index is 14.5. The number of anilines is 2. The highest BCUT2D eigenvalue weighted by molar-refractivity contribution is 7.99. The molecule has 0 radical (unpaired) electrons. The fourth-order valence-corrected chi connectivity index (χ4v) is 11.9. The molecule has 2 atom stereocenters. The first kappa shape index (κ1) is 49.5. The number of piperazine rings is 1. The van der Waals surface area contributed by atoms with Gasteiger partial charge in [0.15, 0.2) is 0 Å². The maximum Gasteiger partial charge on any atom is 0.501 e. The number of hydrogen-bond acceptors (Lipinski definition) is 11. The molecule has 2 fully saturated rings. The van der Waals surface area contributed by atoms with Crippen molar-refractivity contribution in [3.8, 4) is 11.1 Å². The third kappa shape index (κ3) is 12.6. The monoisotopic (exact) mass is 983 g/mol. The number of nitrogens with zero attached hydrogens (tertiary/aromatic N) is 3. The highest BCUT2D eigenvalue weighted by atomic mass is 35.5. The zero-order valence-electron chi connectivity index (χ0n) is 36.5. The number of rotatable bonds is 18. The Kier molecular flexibility index (Phi) is 16.6. The normalized spacial score (nSPS) is 17.0. The van der Waals surface area contributed by atoms with Crippen molar-refractivity contribution < 1.29 is 40.6 Å². The van der Waals surface area contributed by atoms with Crippen LogP contribution in [-0.4, -0.2) is 105 Å². The van der Waals surface area contributed by atoms with Gasteiger partial charge in [0, 0.05) is 85.3 Å². The Morgan fingerprint density at radius 3 is 2.21 bits per heavy atom. The second kappa shape index (κ2) is 22.2. The number of amides is 1. The molecular formula is C48H54ClF3N5O6PS2. The highest BCUT2D eigenvalue weighted by Crippen LogP contribution is 2.44. The Morgan fingerprint density at radius 1 is 0.879 bits per heavy atom. The molecule has 352 valence electrons. The zero-order valence-corrected chi connectivity index (χ0v) is 39.8. The predicted molar refractivity (Wildman–Crippen MR) is 258 cm³/mol. The summed E-state index contributed by atoms with van der Waals surface area (Å²) in [5, 5.41) is 15.7. The minimum absolute atomic E-state index is 0.125. The summed E-state index contributed by atoms with van der Waals surface area (Å²) < 4.78 is 89.7. The van der Waals surface area contributed by atoms with Crippen molar-refractivity contribution in [3.05, 3.63) is 137 Å². The van der Waals surface area contributed by atoms with E-state index in [4.69, 9.17) is 16.1 Å². The van der Waals surface area contributed by atoms with Crippen LogP contribution >= 0.6 is 30.9 Å². The Balaban J connectivity index is 1.05. The van der Waals surface area contributed by atoms with Crippen LogP contribution in [0.15, 0.2) is 131 Å². The fourth-order valence-electron chi connectivity index (χ4n) is 8.12. The van der Waals surface area contributed by atoms with Gasteiger partial charge in [-0.05, 0) is 110 Å². The van der Waals surface area contributed by atoms with E-state index in [1.165, 1.54) is 30.3 Å². The molecule has 2 aliphatic heterocycles. The quantitative estimate of drug-likeness (QED) is 0.0574. The molecule has 11 nitrogen and oxygen atoms in total. The second-order valence-corrected chi connectivity index (χ2v) is 21.9. The molecule has 2 saturated heterocycles. The van der Waals surface area contributed by atoms with E-state index in [1.54, 1.807) is 24.3 Å². The van der Waals surface area contributed by atoms with Crippen LogP contribution < -0.4 is 20.6 Å². The number of alkyl halides is 3. The van der Waals surface area contributed by atoms with Crippen molar-refractivity contribution in [3.63, 3.8) is 0 Å². The van der Waals surface area contributed by atoms with E-state index in [1.807, 2.05) is 66.7 Å². The lowest BCUT2D eigenvalue weighted by Gasteiger charge is -2.36. The number of thioether (sulfide) groups is 1. The molecule has 0 unspecified atom stereocenters. The van der Waals surface area contributed by atoms with E-state index in [-0.39, 0.29) is 24.0 Å². The summed E-state index contributed by atoms with van der Waals surface area (Å²) >= 11 is 7.60. The number of benzene rings is 5. The van der Waals surface area contributed by atoms with E-state index >= 15 is 0 Å². The summed E-state index contributed by atoms with van der Waals surface area (Å²) in [4.78, 5) is 20.2.